The van der Waals surface area contributed by atoms with Crippen LogP contribution in [0.3, 0.4) is 0 Å². The number of hydrogen-bond donors (Lipinski definition) is 0. The summed E-state index contributed by atoms with van der Waals surface area (Å²) >= 11 is 11.3. The molecule has 0 heterocycles. The molecule has 1 fully saturated rings. The predicted molar refractivity (Wildman–Crippen MR) is 103 cm³/mol. The minimum atomic E-state index is -0.613. The molecule has 1 aliphatic carbocycles. The number of halogens is 2. The van der Waals surface area contributed by atoms with Gasteiger partial charge in [-0.3, -0.25) is 4.79 Å². The lowest BCUT2D eigenvalue weighted by molar-refractivity contribution is -0.146. The molecule has 3 rings (SSSR count). The first-order valence-corrected chi connectivity index (χ1v) is 9.18. The lowest BCUT2D eigenvalue weighted by atomic mass is 9.88. The summed E-state index contributed by atoms with van der Waals surface area (Å²) in [6.07, 6.45) is 1.28. The van der Waals surface area contributed by atoms with Crippen molar-refractivity contribution in [3.63, 3.8) is 0 Å². The molecule has 2 aromatic carbocycles. The Morgan fingerprint density at radius 3 is 2.38 bits per heavy atom. The third kappa shape index (κ3) is 3.89. The normalized spacial score (nSPS) is 21.2. The largest absolute Gasteiger partial charge is 0.457 e. The van der Waals surface area contributed by atoms with Gasteiger partial charge in [0.25, 0.3) is 0 Å². The Bertz CT molecular complexity index is 830. The first-order chi connectivity index (χ1) is 12.4. The minimum Gasteiger partial charge on any atom is -0.457 e. The van der Waals surface area contributed by atoms with Crippen molar-refractivity contribution in [2.45, 2.75) is 26.7 Å². The van der Waals surface area contributed by atoms with E-state index in [0.29, 0.717) is 6.42 Å². The van der Waals surface area contributed by atoms with Gasteiger partial charge >= 0.3 is 5.97 Å². The van der Waals surface area contributed by atoms with Crippen LogP contribution < -0.4 is 4.74 Å². The first kappa shape index (κ1) is 18.8. The highest BCUT2D eigenvalue weighted by Crippen LogP contribution is 2.65. The molecule has 0 aliphatic heterocycles. The topological polar surface area (TPSA) is 35.5 Å². The summed E-state index contributed by atoms with van der Waals surface area (Å²) in [6.45, 7) is 4.10. The summed E-state index contributed by atoms with van der Waals surface area (Å²) in [5.74, 6) is 1.15. The number of para-hydroxylation sites is 1. The molecule has 1 saturated carbocycles. The number of esters is 1. The van der Waals surface area contributed by atoms with Gasteiger partial charge in [-0.1, -0.05) is 55.8 Å². The van der Waals surface area contributed by atoms with Crippen LogP contribution >= 0.6 is 23.2 Å². The Balaban J connectivity index is 1.78. The van der Waals surface area contributed by atoms with Crippen molar-refractivity contribution in [2.75, 3.05) is 0 Å². The molecule has 2 aromatic rings. The summed E-state index contributed by atoms with van der Waals surface area (Å²) in [5.41, 5.74) is 1.28. The number of rotatable bonds is 6. The molecule has 1 aliphatic rings. The first-order valence-electron chi connectivity index (χ1n) is 8.36. The number of benzene rings is 2. The Morgan fingerprint density at radius 1 is 1.12 bits per heavy atom. The van der Waals surface area contributed by atoms with Crippen molar-refractivity contribution in [3.8, 4) is 11.5 Å². The van der Waals surface area contributed by atoms with Crippen LogP contribution in [0.1, 0.15) is 25.8 Å². The molecule has 1 atom stereocenters. The van der Waals surface area contributed by atoms with Crippen LogP contribution in [0.15, 0.2) is 65.4 Å². The standard InChI is InChI=1S/C21H20Cl2O3/c1-20(2)14-21(20,19(24)26-18(23)13-22)12-15-7-6-10-17(11-15)25-16-8-4-3-5-9-16/h3-11,13H,12,14H2,1-2H3. The predicted octanol–water partition coefficient (Wildman–Crippen LogP) is 6.26. The molecule has 5 heteroatoms. The van der Waals surface area contributed by atoms with Crippen LogP contribution in [-0.4, -0.2) is 5.97 Å². The molecule has 0 aromatic heterocycles. The molecule has 0 saturated heterocycles. The van der Waals surface area contributed by atoms with Gasteiger partial charge in [-0.15, -0.1) is 0 Å². The molecule has 0 radical (unpaired) electrons. The second-order valence-corrected chi connectivity index (χ2v) is 7.78. The van der Waals surface area contributed by atoms with Gasteiger partial charge in [0, 0.05) is 0 Å². The zero-order valence-corrected chi connectivity index (χ0v) is 16.2. The van der Waals surface area contributed by atoms with Crippen LogP contribution in [0.4, 0.5) is 0 Å². The smallest absolute Gasteiger partial charge is 0.319 e. The second kappa shape index (κ2) is 7.34. The summed E-state index contributed by atoms with van der Waals surface area (Å²) in [7, 11) is 0. The third-order valence-corrected chi connectivity index (χ3v) is 5.46. The average Bonchev–Trinajstić information content (AvgIpc) is 3.17. The number of carbonyl (C=O) groups excluding carboxylic acids is 1. The fraction of sp³-hybridized carbons (Fsp3) is 0.286. The van der Waals surface area contributed by atoms with Gasteiger partial charge in [-0.05, 0) is 59.7 Å². The van der Waals surface area contributed by atoms with Gasteiger partial charge in [0.15, 0.2) is 0 Å². The highest BCUT2D eigenvalue weighted by molar-refractivity contribution is 6.35. The van der Waals surface area contributed by atoms with Crippen LogP contribution in [0.25, 0.3) is 0 Å². The van der Waals surface area contributed by atoms with E-state index >= 15 is 0 Å². The SMILES string of the molecule is CC1(C)CC1(Cc1cccc(Oc2ccccc2)c1)C(=O)OC(Cl)=CCl. The van der Waals surface area contributed by atoms with Crippen molar-refractivity contribution in [2.24, 2.45) is 10.8 Å². The van der Waals surface area contributed by atoms with Crippen LogP contribution in [-0.2, 0) is 16.0 Å². The zero-order chi connectivity index (χ0) is 18.8. The Kier molecular flexibility index (Phi) is 5.31. The van der Waals surface area contributed by atoms with Crippen molar-refractivity contribution in [1.29, 1.82) is 0 Å². The summed E-state index contributed by atoms with van der Waals surface area (Å²) in [4.78, 5) is 12.7. The molecule has 0 bridgehead atoms. The maximum atomic E-state index is 12.7. The van der Waals surface area contributed by atoms with E-state index in [1.165, 1.54) is 0 Å². The Labute approximate surface area is 163 Å². The highest BCUT2D eigenvalue weighted by atomic mass is 35.5. The monoisotopic (exact) mass is 390 g/mol. The molecular weight excluding hydrogens is 371 g/mol. The fourth-order valence-corrected chi connectivity index (χ4v) is 3.45. The van der Waals surface area contributed by atoms with E-state index in [1.54, 1.807) is 0 Å². The zero-order valence-electron chi connectivity index (χ0n) is 14.7. The van der Waals surface area contributed by atoms with E-state index < -0.39 is 5.41 Å². The van der Waals surface area contributed by atoms with Crippen molar-refractivity contribution in [3.05, 3.63) is 70.9 Å². The van der Waals surface area contributed by atoms with Gasteiger partial charge in [0.2, 0.25) is 5.22 Å². The Hall–Kier alpha value is -1.97. The maximum absolute atomic E-state index is 12.7. The summed E-state index contributed by atoms with van der Waals surface area (Å²) in [6, 6.07) is 17.3. The minimum absolute atomic E-state index is 0.111. The van der Waals surface area contributed by atoms with E-state index in [0.717, 1.165) is 29.0 Å². The molecule has 136 valence electrons. The fourth-order valence-electron chi connectivity index (χ4n) is 3.33. The molecule has 1 unspecified atom stereocenters. The summed E-state index contributed by atoms with van der Waals surface area (Å²) < 4.78 is 11.1. The van der Waals surface area contributed by atoms with E-state index in [1.807, 2.05) is 54.6 Å². The molecular formula is C21H20Cl2O3. The van der Waals surface area contributed by atoms with Crippen LogP contribution in [0.2, 0.25) is 0 Å². The summed E-state index contributed by atoms with van der Waals surface area (Å²) in [5, 5.41) is -0.111. The number of carbonyl (C=O) groups is 1. The van der Waals surface area contributed by atoms with E-state index in [-0.39, 0.29) is 16.6 Å². The molecule has 26 heavy (non-hydrogen) atoms. The highest BCUT2D eigenvalue weighted by Gasteiger charge is 2.67. The average molecular weight is 391 g/mol. The molecule has 0 amide bonds. The number of hydrogen-bond acceptors (Lipinski definition) is 3. The van der Waals surface area contributed by atoms with Gasteiger partial charge in [-0.25, -0.2) is 0 Å². The lowest BCUT2D eigenvalue weighted by Gasteiger charge is -2.19. The number of ether oxygens (including phenoxy) is 2. The lowest BCUT2D eigenvalue weighted by Crippen LogP contribution is -2.25. The quantitative estimate of drug-likeness (QED) is 0.431. The van der Waals surface area contributed by atoms with Crippen molar-refractivity contribution in [1.82, 2.24) is 0 Å². The maximum Gasteiger partial charge on any atom is 0.319 e. The van der Waals surface area contributed by atoms with Crippen LogP contribution in [0.5, 0.6) is 11.5 Å². The molecule has 0 spiro atoms. The molecule has 3 nitrogen and oxygen atoms in total. The van der Waals surface area contributed by atoms with Gasteiger partial charge in [0.1, 0.15) is 11.5 Å². The Morgan fingerprint density at radius 2 is 1.77 bits per heavy atom. The second-order valence-electron chi connectivity index (χ2n) is 7.18. The van der Waals surface area contributed by atoms with E-state index in [2.05, 4.69) is 13.8 Å². The van der Waals surface area contributed by atoms with Gasteiger partial charge in [-0.2, -0.15) is 0 Å². The van der Waals surface area contributed by atoms with E-state index in [4.69, 9.17) is 32.7 Å². The van der Waals surface area contributed by atoms with Gasteiger partial charge < -0.3 is 9.47 Å². The van der Waals surface area contributed by atoms with Crippen molar-refractivity contribution >= 4 is 29.2 Å². The molecule has 0 N–H and O–H groups in total. The van der Waals surface area contributed by atoms with Crippen LogP contribution in [0, 0.1) is 10.8 Å². The van der Waals surface area contributed by atoms with Gasteiger partial charge in [0.05, 0.1) is 11.0 Å². The van der Waals surface area contributed by atoms with E-state index in [9.17, 15) is 4.79 Å². The third-order valence-electron chi connectivity index (χ3n) is 4.96. The van der Waals surface area contributed by atoms with Crippen molar-refractivity contribution < 1.29 is 14.3 Å².